The molecule has 0 aliphatic heterocycles. The third-order valence-electron chi connectivity index (χ3n) is 3.82. The maximum atomic E-state index is 12.5. The van der Waals surface area contributed by atoms with Gasteiger partial charge in [0.25, 0.3) is 5.89 Å². The van der Waals surface area contributed by atoms with Crippen LogP contribution in [0.1, 0.15) is 21.8 Å². The molecule has 4 rings (SSSR count). The van der Waals surface area contributed by atoms with Gasteiger partial charge in [0.2, 0.25) is 5.82 Å². The van der Waals surface area contributed by atoms with Crippen molar-refractivity contribution in [2.75, 3.05) is 0 Å². The van der Waals surface area contributed by atoms with Gasteiger partial charge in [-0.3, -0.25) is 0 Å². The monoisotopic (exact) mass is 362 g/mol. The molecule has 0 spiro atoms. The van der Waals surface area contributed by atoms with Gasteiger partial charge in [0.1, 0.15) is 6.33 Å². The predicted octanol–water partition coefficient (Wildman–Crippen LogP) is 2.38. The summed E-state index contributed by atoms with van der Waals surface area (Å²) >= 11 is 0. The first kappa shape index (κ1) is 16.6. The highest BCUT2D eigenvalue weighted by Crippen LogP contribution is 2.18. The number of carbonyl (C=O) groups excluding carboxylic acids is 1. The summed E-state index contributed by atoms with van der Waals surface area (Å²) in [6.45, 7) is 1.86. The molecule has 0 fully saturated rings. The summed E-state index contributed by atoms with van der Waals surface area (Å²) < 4.78 is 11.9. The van der Waals surface area contributed by atoms with Crippen LogP contribution >= 0.6 is 0 Å². The minimum atomic E-state index is -0.545. The zero-order valence-electron chi connectivity index (χ0n) is 14.3. The van der Waals surface area contributed by atoms with Crippen LogP contribution in [0.3, 0.4) is 0 Å². The Kier molecular flexibility index (Phi) is 4.40. The molecule has 0 saturated carbocycles. The number of esters is 1. The van der Waals surface area contributed by atoms with Gasteiger partial charge in [-0.1, -0.05) is 47.1 Å². The van der Waals surface area contributed by atoms with Gasteiger partial charge in [-0.2, -0.15) is 9.67 Å². The molecule has 9 heteroatoms. The molecule has 0 aliphatic rings. The minimum Gasteiger partial charge on any atom is -0.452 e. The van der Waals surface area contributed by atoms with Gasteiger partial charge >= 0.3 is 5.97 Å². The summed E-state index contributed by atoms with van der Waals surface area (Å²) in [5.41, 5.74) is 2.80. The summed E-state index contributed by atoms with van der Waals surface area (Å²) in [4.78, 5) is 16.7. The summed E-state index contributed by atoms with van der Waals surface area (Å²) in [6.07, 6.45) is 1.40. The van der Waals surface area contributed by atoms with Crippen molar-refractivity contribution in [2.24, 2.45) is 0 Å². The molecular formula is C18H14N6O3. The van der Waals surface area contributed by atoms with E-state index in [9.17, 15) is 4.79 Å². The molecule has 0 atom stereocenters. The second-order valence-electron chi connectivity index (χ2n) is 5.73. The van der Waals surface area contributed by atoms with E-state index in [1.807, 2.05) is 31.2 Å². The number of tetrazole rings is 1. The first-order valence-electron chi connectivity index (χ1n) is 8.10. The third kappa shape index (κ3) is 3.56. The molecule has 0 bridgehead atoms. The Labute approximate surface area is 153 Å². The molecule has 0 amide bonds. The first-order chi connectivity index (χ1) is 13.2. The number of rotatable bonds is 5. The van der Waals surface area contributed by atoms with Gasteiger partial charge < -0.3 is 9.26 Å². The maximum Gasteiger partial charge on any atom is 0.340 e. The van der Waals surface area contributed by atoms with Crippen LogP contribution < -0.4 is 0 Å². The second-order valence-corrected chi connectivity index (χ2v) is 5.73. The Morgan fingerprint density at radius 1 is 1.15 bits per heavy atom. The van der Waals surface area contributed by atoms with E-state index in [0.717, 1.165) is 11.1 Å². The molecule has 0 saturated heterocycles. The number of carbonyl (C=O) groups is 1. The topological polar surface area (TPSA) is 109 Å². The van der Waals surface area contributed by atoms with Crippen LogP contribution in [0.15, 0.2) is 59.4 Å². The SMILES string of the molecule is Cc1ccc(-c2noc(COC(=O)c3ccccc3-n3cnnn3)n2)cc1. The summed E-state index contributed by atoms with van der Waals surface area (Å²) in [6, 6.07) is 14.6. The van der Waals surface area contributed by atoms with E-state index < -0.39 is 5.97 Å². The van der Waals surface area contributed by atoms with E-state index in [-0.39, 0.29) is 12.5 Å². The van der Waals surface area contributed by atoms with Gasteiger partial charge in [-0.25, -0.2) is 4.79 Å². The fraction of sp³-hybridized carbons (Fsp3) is 0.111. The molecule has 2 aromatic carbocycles. The highest BCUT2D eigenvalue weighted by Gasteiger charge is 2.16. The van der Waals surface area contributed by atoms with Crippen molar-refractivity contribution in [1.82, 2.24) is 30.3 Å². The fourth-order valence-corrected chi connectivity index (χ4v) is 2.46. The standard InChI is InChI=1S/C18H14N6O3/c1-12-6-8-13(9-7-12)17-20-16(27-21-17)10-26-18(25)14-4-2-3-5-15(14)24-11-19-22-23-24/h2-9,11H,10H2,1H3. The summed E-state index contributed by atoms with van der Waals surface area (Å²) in [5, 5.41) is 14.9. The molecule has 2 heterocycles. The molecule has 27 heavy (non-hydrogen) atoms. The van der Waals surface area contributed by atoms with Crippen molar-refractivity contribution in [3.63, 3.8) is 0 Å². The van der Waals surface area contributed by atoms with Crippen LogP contribution in [-0.4, -0.2) is 36.3 Å². The lowest BCUT2D eigenvalue weighted by Gasteiger charge is -2.07. The number of nitrogens with zero attached hydrogens (tertiary/aromatic N) is 6. The average molecular weight is 362 g/mol. The van der Waals surface area contributed by atoms with Crippen molar-refractivity contribution in [1.29, 1.82) is 0 Å². The van der Waals surface area contributed by atoms with Crippen LogP contribution in [0.2, 0.25) is 0 Å². The van der Waals surface area contributed by atoms with Crippen molar-refractivity contribution in [3.8, 4) is 17.1 Å². The molecular weight excluding hydrogens is 348 g/mol. The highest BCUT2D eigenvalue weighted by atomic mass is 16.6. The summed E-state index contributed by atoms with van der Waals surface area (Å²) in [7, 11) is 0. The predicted molar refractivity (Wildman–Crippen MR) is 92.7 cm³/mol. The molecule has 9 nitrogen and oxygen atoms in total. The van der Waals surface area contributed by atoms with Crippen LogP contribution in [0, 0.1) is 6.92 Å². The van der Waals surface area contributed by atoms with Crippen molar-refractivity contribution < 1.29 is 14.1 Å². The number of hydrogen-bond donors (Lipinski definition) is 0. The zero-order chi connectivity index (χ0) is 18.6. The number of benzene rings is 2. The lowest BCUT2D eigenvalue weighted by molar-refractivity contribution is 0.0429. The van der Waals surface area contributed by atoms with Crippen molar-refractivity contribution >= 4 is 5.97 Å². The normalized spacial score (nSPS) is 10.7. The molecule has 0 radical (unpaired) electrons. The van der Waals surface area contributed by atoms with Crippen LogP contribution in [-0.2, 0) is 11.3 Å². The van der Waals surface area contributed by atoms with E-state index in [0.29, 0.717) is 17.1 Å². The number of para-hydroxylation sites is 1. The van der Waals surface area contributed by atoms with Crippen molar-refractivity contribution in [2.45, 2.75) is 13.5 Å². The largest absolute Gasteiger partial charge is 0.452 e. The van der Waals surface area contributed by atoms with Crippen molar-refractivity contribution in [3.05, 3.63) is 71.9 Å². The average Bonchev–Trinajstić information content (AvgIpc) is 3.39. The lowest BCUT2D eigenvalue weighted by Crippen LogP contribution is -2.10. The van der Waals surface area contributed by atoms with Gasteiger partial charge in [0, 0.05) is 5.56 Å². The van der Waals surface area contributed by atoms with E-state index in [4.69, 9.17) is 9.26 Å². The molecule has 0 aliphatic carbocycles. The van der Waals surface area contributed by atoms with Crippen LogP contribution in [0.4, 0.5) is 0 Å². The number of aryl methyl sites for hydroxylation is 1. The van der Waals surface area contributed by atoms with E-state index in [2.05, 4.69) is 25.7 Å². The smallest absolute Gasteiger partial charge is 0.340 e. The molecule has 0 unspecified atom stereocenters. The van der Waals surface area contributed by atoms with Gasteiger partial charge in [-0.05, 0) is 29.5 Å². The van der Waals surface area contributed by atoms with Gasteiger partial charge in [-0.15, -0.1) is 5.10 Å². The first-order valence-corrected chi connectivity index (χ1v) is 8.10. The molecule has 4 aromatic rings. The molecule has 0 N–H and O–H groups in total. The fourth-order valence-electron chi connectivity index (χ4n) is 2.46. The Balaban J connectivity index is 1.47. The van der Waals surface area contributed by atoms with Gasteiger partial charge in [0.05, 0.1) is 11.3 Å². The molecule has 2 aromatic heterocycles. The van der Waals surface area contributed by atoms with E-state index in [1.165, 1.54) is 11.0 Å². The van der Waals surface area contributed by atoms with E-state index in [1.54, 1.807) is 24.3 Å². The number of aromatic nitrogens is 6. The summed E-state index contributed by atoms with van der Waals surface area (Å²) in [5.74, 6) is 0.102. The van der Waals surface area contributed by atoms with E-state index >= 15 is 0 Å². The van der Waals surface area contributed by atoms with Gasteiger partial charge in [0.15, 0.2) is 6.61 Å². The number of hydrogen-bond acceptors (Lipinski definition) is 8. The Morgan fingerprint density at radius 2 is 1.96 bits per heavy atom. The quantitative estimate of drug-likeness (QED) is 0.498. The molecule has 134 valence electrons. The van der Waals surface area contributed by atoms with Crippen LogP contribution in [0.5, 0.6) is 0 Å². The number of ether oxygens (including phenoxy) is 1. The lowest BCUT2D eigenvalue weighted by atomic mass is 10.1. The Hall–Kier alpha value is -3.88. The maximum absolute atomic E-state index is 12.5. The Morgan fingerprint density at radius 3 is 2.74 bits per heavy atom. The zero-order valence-corrected chi connectivity index (χ0v) is 14.3. The second kappa shape index (κ2) is 7.16. The third-order valence-corrected chi connectivity index (χ3v) is 3.82. The van der Waals surface area contributed by atoms with Crippen LogP contribution in [0.25, 0.3) is 17.1 Å². The minimum absolute atomic E-state index is 0.137. The Bertz CT molecular complexity index is 1060. The highest BCUT2D eigenvalue weighted by molar-refractivity contribution is 5.93.